The summed E-state index contributed by atoms with van der Waals surface area (Å²) in [6, 6.07) is 6.80. The van der Waals surface area contributed by atoms with Crippen LogP contribution in [0, 0.1) is 5.92 Å². The lowest BCUT2D eigenvalue weighted by atomic mass is 9.92. The van der Waals surface area contributed by atoms with Gasteiger partial charge in [-0.2, -0.15) is 4.98 Å². The minimum Gasteiger partial charge on any atom is -0.423 e. The number of hydrogen-bond acceptors (Lipinski definition) is 4. The molecule has 0 spiro atoms. The van der Waals surface area contributed by atoms with E-state index >= 15 is 0 Å². The number of fused-ring (bicyclic) bond motifs is 1. The lowest BCUT2D eigenvalue weighted by Gasteiger charge is -2.36. The van der Waals surface area contributed by atoms with Crippen molar-refractivity contribution < 1.29 is 4.42 Å². The number of anilines is 2. The Morgan fingerprint density at radius 1 is 1.39 bits per heavy atom. The summed E-state index contributed by atoms with van der Waals surface area (Å²) >= 11 is 0. The number of nitrogen functional groups attached to an aromatic ring is 1. The summed E-state index contributed by atoms with van der Waals surface area (Å²) in [4.78, 5) is 6.83. The van der Waals surface area contributed by atoms with Crippen molar-refractivity contribution in [3.05, 3.63) is 18.2 Å². The third-order valence-electron chi connectivity index (χ3n) is 4.02. The van der Waals surface area contributed by atoms with Crippen LogP contribution < -0.4 is 10.6 Å². The Labute approximate surface area is 107 Å². The van der Waals surface area contributed by atoms with Gasteiger partial charge >= 0.3 is 0 Å². The van der Waals surface area contributed by atoms with Crippen LogP contribution in [0.4, 0.5) is 11.7 Å². The molecule has 18 heavy (non-hydrogen) atoms. The van der Waals surface area contributed by atoms with Gasteiger partial charge in [0.25, 0.3) is 6.01 Å². The number of oxazole rings is 1. The minimum absolute atomic E-state index is 0.476. The van der Waals surface area contributed by atoms with Gasteiger partial charge in [0, 0.05) is 18.3 Å². The molecule has 2 atom stereocenters. The SMILES string of the molecule is CC1CCCN(c2nc3cc(N)ccc3o2)C1C. The molecule has 2 heterocycles. The fraction of sp³-hybridized carbons (Fsp3) is 0.500. The van der Waals surface area contributed by atoms with Crippen LogP contribution >= 0.6 is 0 Å². The average molecular weight is 245 g/mol. The molecular formula is C14H19N3O. The van der Waals surface area contributed by atoms with Crippen LogP contribution in [0.25, 0.3) is 11.1 Å². The van der Waals surface area contributed by atoms with E-state index in [0.717, 1.165) is 29.3 Å². The topological polar surface area (TPSA) is 55.3 Å². The summed E-state index contributed by atoms with van der Waals surface area (Å²) in [6.45, 7) is 5.55. The first kappa shape index (κ1) is 11.4. The molecule has 0 saturated carbocycles. The van der Waals surface area contributed by atoms with E-state index in [2.05, 4.69) is 23.7 Å². The van der Waals surface area contributed by atoms with E-state index in [4.69, 9.17) is 10.2 Å². The maximum atomic E-state index is 5.84. The molecule has 2 unspecified atom stereocenters. The highest BCUT2D eigenvalue weighted by molar-refractivity contribution is 5.78. The largest absolute Gasteiger partial charge is 0.423 e. The monoisotopic (exact) mass is 245 g/mol. The van der Waals surface area contributed by atoms with Gasteiger partial charge in [0.15, 0.2) is 5.58 Å². The molecule has 96 valence electrons. The zero-order chi connectivity index (χ0) is 12.7. The molecule has 1 aromatic heterocycles. The van der Waals surface area contributed by atoms with E-state index in [1.807, 2.05) is 18.2 Å². The smallest absolute Gasteiger partial charge is 0.298 e. The van der Waals surface area contributed by atoms with Crippen LogP contribution in [-0.2, 0) is 0 Å². The van der Waals surface area contributed by atoms with Crippen molar-refractivity contribution in [1.82, 2.24) is 4.98 Å². The average Bonchev–Trinajstić information content (AvgIpc) is 2.75. The number of nitrogens with two attached hydrogens (primary N) is 1. The van der Waals surface area contributed by atoms with Crippen LogP contribution in [0.3, 0.4) is 0 Å². The first-order chi connectivity index (χ1) is 8.65. The number of nitrogens with zero attached hydrogens (tertiary/aromatic N) is 2. The Balaban J connectivity index is 1.98. The zero-order valence-electron chi connectivity index (χ0n) is 10.9. The van der Waals surface area contributed by atoms with Gasteiger partial charge in [-0.25, -0.2) is 0 Å². The Kier molecular flexibility index (Phi) is 2.65. The summed E-state index contributed by atoms with van der Waals surface area (Å²) < 4.78 is 5.84. The second kappa shape index (κ2) is 4.19. The molecule has 2 N–H and O–H groups in total. The Hall–Kier alpha value is -1.71. The second-order valence-corrected chi connectivity index (χ2v) is 5.28. The van der Waals surface area contributed by atoms with Crippen molar-refractivity contribution in [2.75, 3.05) is 17.2 Å². The third kappa shape index (κ3) is 1.82. The lowest BCUT2D eigenvalue weighted by molar-refractivity contribution is 0.345. The Bertz CT molecular complexity index is 563. The molecule has 0 bridgehead atoms. The van der Waals surface area contributed by atoms with Crippen molar-refractivity contribution in [2.45, 2.75) is 32.7 Å². The normalized spacial score (nSPS) is 24.7. The summed E-state index contributed by atoms with van der Waals surface area (Å²) in [5.74, 6) is 0.679. The highest BCUT2D eigenvalue weighted by Crippen LogP contribution is 2.30. The van der Waals surface area contributed by atoms with E-state index in [1.54, 1.807) is 0 Å². The first-order valence-electron chi connectivity index (χ1n) is 6.58. The van der Waals surface area contributed by atoms with Gasteiger partial charge in [0.2, 0.25) is 0 Å². The van der Waals surface area contributed by atoms with Gasteiger partial charge in [-0.15, -0.1) is 0 Å². The Morgan fingerprint density at radius 2 is 2.22 bits per heavy atom. The molecule has 0 aliphatic carbocycles. The number of rotatable bonds is 1. The lowest BCUT2D eigenvalue weighted by Crippen LogP contribution is -2.42. The van der Waals surface area contributed by atoms with E-state index in [-0.39, 0.29) is 0 Å². The van der Waals surface area contributed by atoms with Crippen LogP contribution in [0.5, 0.6) is 0 Å². The molecule has 1 aliphatic rings. The van der Waals surface area contributed by atoms with Gasteiger partial charge in [-0.1, -0.05) is 6.92 Å². The second-order valence-electron chi connectivity index (χ2n) is 5.28. The molecule has 4 heteroatoms. The molecule has 1 aromatic carbocycles. The fourth-order valence-corrected chi connectivity index (χ4v) is 2.66. The highest BCUT2D eigenvalue weighted by Gasteiger charge is 2.27. The van der Waals surface area contributed by atoms with E-state index < -0.39 is 0 Å². The fourth-order valence-electron chi connectivity index (χ4n) is 2.66. The van der Waals surface area contributed by atoms with E-state index in [9.17, 15) is 0 Å². The maximum Gasteiger partial charge on any atom is 0.298 e. The number of hydrogen-bond donors (Lipinski definition) is 1. The molecular weight excluding hydrogens is 226 g/mol. The summed E-state index contributed by atoms with van der Waals surface area (Å²) in [6.07, 6.45) is 2.48. The highest BCUT2D eigenvalue weighted by atomic mass is 16.4. The van der Waals surface area contributed by atoms with Crippen molar-refractivity contribution in [3.8, 4) is 0 Å². The number of benzene rings is 1. The van der Waals surface area contributed by atoms with Crippen LogP contribution in [0.1, 0.15) is 26.7 Å². The Morgan fingerprint density at radius 3 is 3.06 bits per heavy atom. The number of aromatic nitrogens is 1. The van der Waals surface area contributed by atoms with Crippen molar-refractivity contribution >= 4 is 22.8 Å². The van der Waals surface area contributed by atoms with E-state index in [0.29, 0.717) is 12.0 Å². The molecule has 2 aromatic rings. The molecule has 0 amide bonds. The van der Waals surface area contributed by atoms with Crippen LogP contribution in [0.2, 0.25) is 0 Å². The zero-order valence-corrected chi connectivity index (χ0v) is 10.9. The summed E-state index contributed by atoms with van der Waals surface area (Å²) in [5.41, 5.74) is 8.14. The molecule has 1 fully saturated rings. The molecule has 3 rings (SSSR count). The molecule has 1 aliphatic heterocycles. The van der Waals surface area contributed by atoms with Gasteiger partial charge in [0.1, 0.15) is 5.52 Å². The standard InChI is InChI=1S/C14H19N3O/c1-9-4-3-7-17(10(9)2)14-16-12-8-11(15)5-6-13(12)18-14/h5-6,8-10H,3-4,7,15H2,1-2H3. The predicted molar refractivity (Wildman–Crippen MR) is 73.6 cm³/mol. The minimum atomic E-state index is 0.476. The molecule has 0 radical (unpaired) electrons. The van der Waals surface area contributed by atoms with Crippen molar-refractivity contribution in [2.24, 2.45) is 5.92 Å². The summed E-state index contributed by atoms with van der Waals surface area (Å²) in [7, 11) is 0. The predicted octanol–water partition coefficient (Wildman–Crippen LogP) is 3.03. The van der Waals surface area contributed by atoms with Crippen molar-refractivity contribution in [3.63, 3.8) is 0 Å². The maximum absolute atomic E-state index is 5.84. The van der Waals surface area contributed by atoms with Crippen molar-refractivity contribution in [1.29, 1.82) is 0 Å². The third-order valence-corrected chi connectivity index (χ3v) is 4.02. The molecule has 1 saturated heterocycles. The van der Waals surface area contributed by atoms with Crippen LogP contribution in [-0.4, -0.2) is 17.6 Å². The van der Waals surface area contributed by atoms with Gasteiger partial charge < -0.3 is 15.1 Å². The van der Waals surface area contributed by atoms with E-state index in [1.165, 1.54) is 12.8 Å². The molecule has 4 nitrogen and oxygen atoms in total. The first-order valence-corrected chi connectivity index (χ1v) is 6.58. The quantitative estimate of drug-likeness (QED) is 0.785. The van der Waals surface area contributed by atoms with Crippen LogP contribution in [0.15, 0.2) is 22.6 Å². The van der Waals surface area contributed by atoms with Gasteiger partial charge in [0.05, 0.1) is 0 Å². The van der Waals surface area contributed by atoms with Gasteiger partial charge in [-0.05, 0) is 43.9 Å². The van der Waals surface area contributed by atoms with Gasteiger partial charge in [-0.3, -0.25) is 0 Å². The summed E-state index contributed by atoms with van der Waals surface area (Å²) in [5, 5.41) is 0. The number of piperidine rings is 1.